The zero-order valence-electron chi connectivity index (χ0n) is 17.4. The van der Waals surface area contributed by atoms with Crippen LogP contribution in [0.3, 0.4) is 0 Å². The zero-order chi connectivity index (χ0) is 21.1. The standard InChI is InChI=1S/C23H26N6O/c1-4-16(2)19(14-24-3)20-9-10-21-22(27-20)29(18-8-6-12-28(21)15-18)23(30)26-17-7-5-11-25-13-17/h4-5,7,9-11,13-14,18H,3,6,8,12,15H2,1-2H3,(H,26,30)/b16-4-,19-14+/t18-/m0/s1. The van der Waals surface area contributed by atoms with Gasteiger partial charge in [0, 0.05) is 31.1 Å². The van der Waals surface area contributed by atoms with Crippen LogP contribution in [-0.4, -0.2) is 41.8 Å². The van der Waals surface area contributed by atoms with E-state index in [4.69, 9.17) is 4.98 Å². The summed E-state index contributed by atoms with van der Waals surface area (Å²) in [6.45, 7) is 9.39. The molecule has 0 aliphatic carbocycles. The molecule has 30 heavy (non-hydrogen) atoms. The average molecular weight is 403 g/mol. The number of nitrogens with zero attached hydrogens (tertiary/aromatic N) is 5. The van der Waals surface area contributed by atoms with E-state index in [9.17, 15) is 4.79 Å². The lowest BCUT2D eigenvalue weighted by Gasteiger charge is -2.45. The fourth-order valence-corrected chi connectivity index (χ4v) is 4.07. The van der Waals surface area contributed by atoms with Gasteiger partial charge >= 0.3 is 6.03 Å². The first-order valence-corrected chi connectivity index (χ1v) is 10.2. The Morgan fingerprint density at radius 2 is 2.23 bits per heavy atom. The number of pyridine rings is 2. The number of amides is 2. The molecule has 1 atom stereocenters. The van der Waals surface area contributed by atoms with Gasteiger partial charge < -0.3 is 10.2 Å². The number of hydrogen-bond acceptors (Lipinski definition) is 5. The fraction of sp³-hybridized carbons (Fsp3) is 0.304. The number of urea groups is 1. The van der Waals surface area contributed by atoms with E-state index in [2.05, 4.69) is 33.0 Å². The minimum atomic E-state index is -0.185. The van der Waals surface area contributed by atoms with Crippen molar-refractivity contribution >= 4 is 35.5 Å². The summed E-state index contributed by atoms with van der Waals surface area (Å²) in [7, 11) is 0. The second kappa shape index (κ2) is 8.49. The second-order valence-electron chi connectivity index (χ2n) is 7.52. The van der Waals surface area contributed by atoms with Crippen LogP contribution in [0, 0.1) is 0 Å². The van der Waals surface area contributed by atoms with Gasteiger partial charge in [0.05, 0.1) is 29.3 Å². The van der Waals surface area contributed by atoms with Crippen molar-refractivity contribution in [2.75, 3.05) is 28.2 Å². The number of allylic oxidation sites excluding steroid dienone is 3. The predicted octanol–water partition coefficient (Wildman–Crippen LogP) is 4.51. The molecule has 0 saturated carbocycles. The zero-order valence-corrected chi connectivity index (χ0v) is 17.4. The molecule has 1 fully saturated rings. The molecule has 2 aliphatic heterocycles. The number of anilines is 3. The van der Waals surface area contributed by atoms with E-state index in [1.165, 1.54) is 0 Å². The molecule has 2 amide bonds. The van der Waals surface area contributed by atoms with Gasteiger partial charge in [-0.1, -0.05) is 6.08 Å². The number of rotatable bonds is 4. The van der Waals surface area contributed by atoms with E-state index in [0.29, 0.717) is 11.5 Å². The summed E-state index contributed by atoms with van der Waals surface area (Å²) in [4.78, 5) is 30.4. The molecule has 2 aliphatic rings. The van der Waals surface area contributed by atoms with Crippen molar-refractivity contribution in [3.63, 3.8) is 0 Å². The van der Waals surface area contributed by atoms with Crippen molar-refractivity contribution in [1.82, 2.24) is 9.97 Å². The molecule has 4 rings (SSSR count). The molecule has 7 heteroatoms. The highest BCUT2D eigenvalue weighted by atomic mass is 16.2. The number of carbonyl (C=O) groups excluding carboxylic acids is 1. The normalized spacial score (nSPS) is 18.7. The van der Waals surface area contributed by atoms with Crippen LogP contribution < -0.4 is 15.1 Å². The van der Waals surface area contributed by atoms with Crippen LogP contribution in [-0.2, 0) is 0 Å². The van der Waals surface area contributed by atoms with Crippen LogP contribution in [0.25, 0.3) is 5.57 Å². The molecule has 4 heterocycles. The number of fused-ring (bicyclic) bond motifs is 4. The Kier molecular flexibility index (Phi) is 5.61. The monoisotopic (exact) mass is 402 g/mol. The average Bonchev–Trinajstić information content (AvgIpc) is 2.77. The summed E-state index contributed by atoms with van der Waals surface area (Å²) in [5.41, 5.74) is 4.38. The van der Waals surface area contributed by atoms with Crippen LogP contribution in [0.1, 0.15) is 32.4 Å². The summed E-state index contributed by atoms with van der Waals surface area (Å²) in [5.74, 6) is 0.684. The van der Waals surface area contributed by atoms with Gasteiger partial charge in [0.15, 0.2) is 5.82 Å². The van der Waals surface area contributed by atoms with Gasteiger partial charge in [0.2, 0.25) is 0 Å². The molecule has 2 aromatic heterocycles. The Morgan fingerprint density at radius 3 is 2.97 bits per heavy atom. The fourth-order valence-electron chi connectivity index (χ4n) is 4.07. The van der Waals surface area contributed by atoms with Crippen LogP contribution in [0.15, 0.2) is 59.5 Å². The highest BCUT2D eigenvalue weighted by Gasteiger charge is 2.38. The molecule has 0 spiro atoms. The molecule has 0 radical (unpaired) electrons. The summed E-state index contributed by atoms with van der Waals surface area (Å²) >= 11 is 0. The predicted molar refractivity (Wildman–Crippen MR) is 122 cm³/mol. The third-order valence-corrected chi connectivity index (χ3v) is 5.67. The van der Waals surface area contributed by atoms with Crippen molar-refractivity contribution in [3.8, 4) is 0 Å². The Morgan fingerprint density at radius 1 is 1.37 bits per heavy atom. The van der Waals surface area contributed by atoms with Crippen molar-refractivity contribution in [3.05, 3.63) is 60.2 Å². The lowest BCUT2D eigenvalue weighted by molar-refractivity contribution is 0.252. The first-order valence-electron chi connectivity index (χ1n) is 10.2. The molecule has 1 saturated heterocycles. The lowest BCUT2D eigenvalue weighted by Crippen LogP contribution is -2.56. The van der Waals surface area contributed by atoms with Crippen molar-refractivity contribution < 1.29 is 4.79 Å². The maximum atomic E-state index is 13.3. The molecule has 7 nitrogen and oxygen atoms in total. The van der Waals surface area contributed by atoms with Gasteiger partial charge in [-0.3, -0.25) is 14.9 Å². The molecule has 1 N–H and O–H groups in total. The molecule has 0 unspecified atom stereocenters. The first-order chi connectivity index (χ1) is 14.6. The maximum Gasteiger partial charge on any atom is 0.327 e. The maximum absolute atomic E-state index is 13.3. The second-order valence-corrected chi connectivity index (χ2v) is 7.52. The van der Waals surface area contributed by atoms with Crippen LogP contribution >= 0.6 is 0 Å². The molecular formula is C23H26N6O. The van der Waals surface area contributed by atoms with Crippen LogP contribution in [0.2, 0.25) is 0 Å². The number of nitrogens with one attached hydrogen (secondary N) is 1. The number of carbonyl (C=O) groups is 1. The smallest absolute Gasteiger partial charge is 0.327 e. The summed E-state index contributed by atoms with van der Waals surface area (Å²) in [5, 5.41) is 2.97. The van der Waals surface area contributed by atoms with Crippen LogP contribution in [0.4, 0.5) is 22.0 Å². The van der Waals surface area contributed by atoms with Gasteiger partial charge in [0.1, 0.15) is 0 Å². The SMILES string of the molecule is C=N/C=C(\C(C)=C/C)c1ccc2c(n1)N(C(=O)Nc1cccnc1)[C@H]1CCCN2C1. The number of aliphatic imine (C=N–C) groups is 1. The quantitative estimate of drug-likeness (QED) is 0.603. The highest BCUT2D eigenvalue weighted by Crippen LogP contribution is 2.39. The van der Waals surface area contributed by atoms with Crippen LogP contribution in [0.5, 0.6) is 0 Å². The molecule has 2 bridgehead atoms. The third kappa shape index (κ3) is 3.70. The number of hydrogen-bond donors (Lipinski definition) is 1. The summed E-state index contributed by atoms with van der Waals surface area (Å²) in [6, 6.07) is 7.59. The molecular weight excluding hydrogens is 376 g/mol. The van der Waals surface area contributed by atoms with Gasteiger partial charge in [-0.25, -0.2) is 9.78 Å². The topological polar surface area (TPSA) is 73.7 Å². The van der Waals surface area contributed by atoms with Gasteiger partial charge in [-0.15, -0.1) is 0 Å². The van der Waals surface area contributed by atoms with Gasteiger partial charge in [-0.2, -0.15) is 0 Å². The highest BCUT2D eigenvalue weighted by molar-refractivity contribution is 6.04. The molecule has 2 aromatic rings. The van der Waals surface area contributed by atoms with Crippen molar-refractivity contribution in [1.29, 1.82) is 0 Å². The van der Waals surface area contributed by atoms with E-state index in [1.807, 2.05) is 37.0 Å². The minimum absolute atomic E-state index is 0.0819. The van der Waals surface area contributed by atoms with Crippen molar-refractivity contribution in [2.24, 2.45) is 4.99 Å². The Labute approximate surface area is 176 Å². The van der Waals surface area contributed by atoms with E-state index in [0.717, 1.165) is 48.5 Å². The summed E-state index contributed by atoms with van der Waals surface area (Å²) < 4.78 is 0. The Hall–Kier alpha value is -3.48. The van der Waals surface area contributed by atoms with E-state index < -0.39 is 0 Å². The molecule has 0 aromatic carbocycles. The Balaban J connectivity index is 1.77. The van der Waals surface area contributed by atoms with E-state index in [-0.39, 0.29) is 12.1 Å². The van der Waals surface area contributed by atoms with E-state index in [1.54, 1.807) is 24.7 Å². The van der Waals surface area contributed by atoms with Gasteiger partial charge in [-0.05, 0) is 63.2 Å². The summed E-state index contributed by atoms with van der Waals surface area (Å²) in [6.07, 6.45) is 9.06. The van der Waals surface area contributed by atoms with Gasteiger partial charge in [0.25, 0.3) is 0 Å². The van der Waals surface area contributed by atoms with E-state index >= 15 is 0 Å². The first kappa shape index (κ1) is 19.8. The number of piperidine rings is 1. The Bertz CT molecular complexity index is 1010. The number of aromatic nitrogens is 2. The van der Waals surface area contributed by atoms with Crippen molar-refractivity contribution in [2.45, 2.75) is 32.7 Å². The lowest BCUT2D eigenvalue weighted by atomic mass is 9.98. The minimum Gasteiger partial charge on any atom is -0.366 e. The molecule has 154 valence electrons. The largest absolute Gasteiger partial charge is 0.366 e. The third-order valence-electron chi connectivity index (χ3n) is 5.67.